The minimum atomic E-state index is -0.133. The second-order valence-corrected chi connectivity index (χ2v) is 4.56. The van der Waals surface area contributed by atoms with Crippen LogP contribution >= 0.6 is 0 Å². The number of nitrogens with zero attached hydrogens (tertiary/aromatic N) is 1. The van der Waals surface area contributed by atoms with Crippen molar-refractivity contribution in [1.29, 1.82) is 0 Å². The van der Waals surface area contributed by atoms with E-state index in [0.29, 0.717) is 16.8 Å². The Morgan fingerprint density at radius 3 is 2.90 bits per heavy atom. The molecule has 0 aliphatic carbocycles. The molecule has 3 rings (SSSR count). The molecule has 3 aromatic rings. The molecular weight excluding hydrogens is 254 g/mol. The third-order valence-corrected chi connectivity index (χ3v) is 3.10. The van der Waals surface area contributed by atoms with E-state index in [1.54, 1.807) is 12.4 Å². The number of benzene rings is 1. The standard InChI is InChI=1S/C15H13N3O2/c1-9-3-2-4-10(7-9)13-14(18-20-15(13)16)11-8-17-6-5-12(11)19/h2-8H,16H2,1H3,(H,17,19). The maximum absolute atomic E-state index is 11.9. The van der Waals surface area contributed by atoms with Crippen molar-refractivity contribution < 1.29 is 4.52 Å². The molecule has 0 atom stereocenters. The molecule has 0 amide bonds. The van der Waals surface area contributed by atoms with Gasteiger partial charge in [-0.1, -0.05) is 35.0 Å². The Labute approximate surface area is 115 Å². The number of pyridine rings is 1. The van der Waals surface area contributed by atoms with Crippen LogP contribution < -0.4 is 11.2 Å². The molecule has 20 heavy (non-hydrogen) atoms. The molecule has 0 radical (unpaired) electrons. The van der Waals surface area contributed by atoms with Gasteiger partial charge in [0.25, 0.3) is 0 Å². The maximum Gasteiger partial charge on any atom is 0.230 e. The summed E-state index contributed by atoms with van der Waals surface area (Å²) in [5, 5.41) is 3.93. The highest BCUT2D eigenvalue weighted by Gasteiger charge is 2.19. The van der Waals surface area contributed by atoms with E-state index < -0.39 is 0 Å². The molecule has 0 bridgehead atoms. The number of rotatable bonds is 2. The highest BCUT2D eigenvalue weighted by Crippen LogP contribution is 2.34. The Kier molecular flexibility index (Phi) is 2.87. The number of nitrogens with one attached hydrogen (secondary N) is 1. The minimum Gasteiger partial charge on any atom is -0.367 e. The number of nitrogens with two attached hydrogens (primary N) is 1. The van der Waals surface area contributed by atoms with Gasteiger partial charge in [-0.2, -0.15) is 0 Å². The molecule has 0 saturated carbocycles. The van der Waals surface area contributed by atoms with Crippen molar-refractivity contribution in [2.24, 2.45) is 0 Å². The maximum atomic E-state index is 11.9. The van der Waals surface area contributed by atoms with Crippen molar-refractivity contribution in [2.75, 3.05) is 5.73 Å². The summed E-state index contributed by atoms with van der Waals surface area (Å²) in [6.45, 7) is 1.99. The van der Waals surface area contributed by atoms with Crippen molar-refractivity contribution in [1.82, 2.24) is 10.1 Å². The van der Waals surface area contributed by atoms with Gasteiger partial charge in [0.2, 0.25) is 5.88 Å². The molecule has 0 saturated heterocycles. The first kappa shape index (κ1) is 12.2. The molecule has 5 nitrogen and oxygen atoms in total. The van der Waals surface area contributed by atoms with Crippen molar-refractivity contribution in [3.63, 3.8) is 0 Å². The number of aromatic nitrogens is 2. The summed E-state index contributed by atoms with van der Waals surface area (Å²) in [6.07, 6.45) is 3.17. The van der Waals surface area contributed by atoms with Gasteiger partial charge in [-0.15, -0.1) is 0 Å². The third kappa shape index (κ3) is 1.99. The normalized spacial score (nSPS) is 10.7. The van der Waals surface area contributed by atoms with Gasteiger partial charge in [0.15, 0.2) is 5.43 Å². The fourth-order valence-electron chi connectivity index (χ4n) is 2.17. The van der Waals surface area contributed by atoms with E-state index in [4.69, 9.17) is 10.3 Å². The zero-order valence-corrected chi connectivity index (χ0v) is 10.9. The van der Waals surface area contributed by atoms with Gasteiger partial charge in [-0.3, -0.25) is 4.79 Å². The van der Waals surface area contributed by atoms with Gasteiger partial charge < -0.3 is 15.2 Å². The van der Waals surface area contributed by atoms with Crippen molar-refractivity contribution in [3.05, 3.63) is 58.5 Å². The fourth-order valence-corrected chi connectivity index (χ4v) is 2.17. The van der Waals surface area contributed by atoms with Gasteiger partial charge in [0.05, 0.1) is 11.1 Å². The largest absolute Gasteiger partial charge is 0.367 e. The predicted octanol–water partition coefficient (Wildman–Crippen LogP) is 2.59. The van der Waals surface area contributed by atoms with Crippen LogP contribution in [0.15, 0.2) is 52.0 Å². The lowest BCUT2D eigenvalue weighted by atomic mass is 10.0. The van der Waals surface area contributed by atoms with E-state index in [1.165, 1.54) is 6.07 Å². The summed E-state index contributed by atoms with van der Waals surface area (Å²) in [7, 11) is 0. The molecule has 0 aliphatic heterocycles. The molecule has 100 valence electrons. The molecule has 5 heteroatoms. The summed E-state index contributed by atoms with van der Waals surface area (Å²) >= 11 is 0. The molecular formula is C15H13N3O2. The lowest BCUT2D eigenvalue weighted by Crippen LogP contribution is -2.03. The van der Waals surface area contributed by atoms with Crippen LogP contribution in [-0.2, 0) is 0 Å². The Bertz CT molecular complexity index is 818. The summed E-state index contributed by atoms with van der Waals surface area (Å²) in [6, 6.07) is 9.25. The lowest BCUT2D eigenvalue weighted by molar-refractivity contribution is 0.439. The van der Waals surface area contributed by atoms with Crippen LogP contribution in [0.1, 0.15) is 5.56 Å². The first-order valence-corrected chi connectivity index (χ1v) is 6.16. The molecule has 2 aromatic heterocycles. The smallest absolute Gasteiger partial charge is 0.230 e. The van der Waals surface area contributed by atoms with Crippen LogP contribution in [0.4, 0.5) is 5.88 Å². The fraction of sp³-hybridized carbons (Fsp3) is 0.0667. The Hall–Kier alpha value is -2.82. The van der Waals surface area contributed by atoms with Gasteiger partial charge in [-0.05, 0) is 12.5 Å². The van der Waals surface area contributed by atoms with E-state index in [0.717, 1.165) is 11.1 Å². The topological polar surface area (TPSA) is 84.9 Å². The monoisotopic (exact) mass is 267 g/mol. The van der Waals surface area contributed by atoms with Crippen molar-refractivity contribution in [3.8, 4) is 22.4 Å². The van der Waals surface area contributed by atoms with Gasteiger partial charge >= 0.3 is 0 Å². The molecule has 2 heterocycles. The molecule has 0 fully saturated rings. The number of nitrogen functional groups attached to an aromatic ring is 1. The van der Waals surface area contributed by atoms with E-state index in [9.17, 15) is 4.79 Å². The Balaban J connectivity index is 2.26. The molecule has 0 unspecified atom stereocenters. The minimum absolute atomic E-state index is 0.133. The number of aryl methyl sites for hydroxylation is 1. The van der Waals surface area contributed by atoms with Crippen LogP contribution in [0.25, 0.3) is 22.4 Å². The van der Waals surface area contributed by atoms with Crippen LogP contribution in [0, 0.1) is 6.92 Å². The zero-order chi connectivity index (χ0) is 14.1. The number of hydrogen-bond donors (Lipinski definition) is 2. The zero-order valence-electron chi connectivity index (χ0n) is 10.9. The number of H-pyrrole nitrogens is 1. The van der Waals surface area contributed by atoms with Crippen molar-refractivity contribution >= 4 is 5.88 Å². The molecule has 1 aromatic carbocycles. The molecule has 3 N–H and O–H groups in total. The number of hydrogen-bond acceptors (Lipinski definition) is 4. The van der Waals surface area contributed by atoms with Crippen molar-refractivity contribution in [2.45, 2.75) is 6.92 Å². The quantitative estimate of drug-likeness (QED) is 0.747. The van der Waals surface area contributed by atoms with E-state index >= 15 is 0 Å². The van der Waals surface area contributed by atoms with Gasteiger partial charge in [0, 0.05) is 18.5 Å². The number of anilines is 1. The first-order chi connectivity index (χ1) is 9.66. The Morgan fingerprint density at radius 2 is 2.15 bits per heavy atom. The highest BCUT2D eigenvalue weighted by molar-refractivity contribution is 5.86. The first-order valence-electron chi connectivity index (χ1n) is 6.16. The average molecular weight is 267 g/mol. The second kappa shape index (κ2) is 4.70. The average Bonchev–Trinajstić information content (AvgIpc) is 2.81. The summed E-state index contributed by atoms with van der Waals surface area (Å²) in [4.78, 5) is 14.8. The Morgan fingerprint density at radius 1 is 1.30 bits per heavy atom. The predicted molar refractivity (Wildman–Crippen MR) is 77.1 cm³/mol. The van der Waals surface area contributed by atoms with E-state index in [1.807, 2.05) is 31.2 Å². The van der Waals surface area contributed by atoms with Crippen LogP contribution in [-0.4, -0.2) is 10.1 Å². The summed E-state index contributed by atoms with van der Waals surface area (Å²) < 4.78 is 5.07. The third-order valence-electron chi connectivity index (χ3n) is 3.10. The number of aromatic amines is 1. The molecule has 0 aliphatic rings. The summed E-state index contributed by atoms with van der Waals surface area (Å²) in [5.41, 5.74) is 9.24. The van der Waals surface area contributed by atoms with E-state index in [-0.39, 0.29) is 11.3 Å². The van der Waals surface area contributed by atoms with Gasteiger partial charge in [0.1, 0.15) is 5.69 Å². The summed E-state index contributed by atoms with van der Waals surface area (Å²) in [5.74, 6) is 0.203. The molecule has 0 spiro atoms. The van der Waals surface area contributed by atoms with Gasteiger partial charge in [-0.25, -0.2) is 0 Å². The lowest BCUT2D eigenvalue weighted by Gasteiger charge is -2.03. The highest BCUT2D eigenvalue weighted by atomic mass is 16.5. The van der Waals surface area contributed by atoms with Crippen LogP contribution in [0.5, 0.6) is 0 Å². The second-order valence-electron chi connectivity index (χ2n) is 4.56. The van der Waals surface area contributed by atoms with Crippen LogP contribution in [0.3, 0.4) is 0 Å². The van der Waals surface area contributed by atoms with Crippen LogP contribution in [0.2, 0.25) is 0 Å². The van der Waals surface area contributed by atoms with E-state index in [2.05, 4.69) is 10.1 Å². The SMILES string of the molecule is Cc1cccc(-c2c(-c3c[nH]ccc3=O)noc2N)c1.